The fraction of sp³-hybridized carbons (Fsp3) is 0.452. The third-order valence-electron chi connectivity index (χ3n) is 7.70. The Morgan fingerprint density at radius 2 is 1.79 bits per heavy atom. The monoisotopic (exact) mass is 551 g/mol. The van der Waals surface area contributed by atoms with Gasteiger partial charge in [0.15, 0.2) is 0 Å². The van der Waals surface area contributed by atoms with Gasteiger partial charge in [0, 0.05) is 23.6 Å². The van der Waals surface area contributed by atoms with Crippen molar-refractivity contribution >= 4 is 15.7 Å². The molecular formula is C31H37NO6S. The zero-order chi connectivity index (χ0) is 27.4. The molecule has 39 heavy (non-hydrogen) atoms. The smallest absolute Gasteiger partial charge is 0.343 e. The topological polar surface area (TPSA) is 106 Å². The Morgan fingerprint density at radius 3 is 2.51 bits per heavy atom. The Balaban J connectivity index is 1.42. The average Bonchev–Trinajstić information content (AvgIpc) is 3.73. The van der Waals surface area contributed by atoms with Crippen LogP contribution in [0.5, 0.6) is 11.5 Å². The molecule has 0 bridgehead atoms. The van der Waals surface area contributed by atoms with E-state index in [4.69, 9.17) is 9.15 Å². The second-order valence-corrected chi connectivity index (χ2v) is 12.4. The summed E-state index contributed by atoms with van der Waals surface area (Å²) in [5.74, 6) is 1.14. The predicted octanol–water partition coefficient (Wildman–Crippen LogP) is 6.53. The second-order valence-electron chi connectivity index (χ2n) is 10.7. The molecule has 208 valence electrons. The molecule has 8 heteroatoms. The van der Waals surface area contributed by atoms with E-state index in [0.717, 1.165) is 62.5 Å². The van der Waals surface area contributed by atoms with Gasteiger partial charge < -0.3 is 14.3 Å². The van der Waals surface area contributed by atoms with Crippen LogP contribution in [0.25, 0.3) is 0 Å². The molecule has 1 fully saturated rings. The van der Waals surface area contributed by atoms with Gasteiger partial charge in [-0.2, -0.15) is 0 Å². The van der Waals surface area contributed by atoms with Gasteiger partial charge >= 0.3 is 5.63 Å². The molecule has 2 aliphatic carbocycles. The Morgan fingerprint density at radius 1 is 1.05 bits per heavy atom. The Labute approximate surface area is 230 Å². The minimum Gasteiger partial charge on any atom is -0.507 e. The van der Waals surface area contributed by atoms with Crippen molar-refractivity contribution in [1.82, 2.24) is 0 Å². The molecular weight excluding hydrogens is 514 g/mol. The Kier molecular flexibility index (Phi) is 8.31. The first-order chi connectivity index (χ1) is 18.9. The first-order valence-corrected chi connectivity index (χ1v) is 15.6. The van der Waals surface area contributed by atoms with Crippen LogP contribution in [0.1, 0.15) is 86.7 Å². The minimum absolute atomic E-state index is 0.0623. The van der Waals surface area contributed by atoms with Crippen LogP contribution < -0.4 is 15.1 Å². The molecule has 5 rings (SSSR count). The molecule has 3 aromatic rings. The maximum atomic E-state index is 13.2. The number of benzene rings is 2. The molecule has 1 saturated carbocycles. The van der Waals surface area contributed by atoms with E-state index in [1.807, 2.05) is 6.07 Å². The van der Waals surface area contributed by atoms with Gasteiger partial charge in [0.25, 0.3) is 10.0 Å². The molecule has 1 atom stereocenters. The summed E-state index contributed by atoms with van der Waals surface area (Å²) in [4.78, 5) is 13.4. The van der Waals surface area contributed by atoms with Crippen molar-refractivity contribution in [2.24, 2.45) is 5.92 Å². The van der Waals surface area contributed by atoms with Crippen molar-refractivity contribution in [3.8, 4) is 11.5 Å². The highest BCUT2D eigenvalue weighted by Gasteiger charge is 2.38. The highest BCUT2D eigenvalue weighted by Crippen LogP contribution is 2.49. The average molecular weight is 552 g/mol. The normalized spacial score (nSPS) is 16.5. The minimum atomic E-state index is -3.84. The number of sulfonamides is 1. The maximum absolute atomic E-state index is 13.2. The SMILES string of the molecule is CCCCOc1ccc(S(=O)(=O)Nc2cccc(C(c3c(O)c4c(oc3=O)CCCCCC4)C3CC3)c2)cc1. The third-order valence-corrected chi connectivity index (χ3v) is 9.09. The Hall–Kier alpha value is -3.26. The lowest BCUT2D eigenvalue weighted by Gasteiger charge is -2.22. The summed E-state index contributed by atoms with van der Waals surface area (Å²) in [6.45, 7) is 2.67. The molecule has 0 spiro atoms. The number of fused-ring (bicyclic) bond motifs is 1. The van der Waals surface area contributed by atoms with Crippen LogP contribution in [0.3, 0.4) is 0 Å². The molecule has 1 aromatic heterocycles. The van der Waals surface area contributed by atoms with Crippen molar-refractivity contribution < 1.29 is 22.7 Å². The number of unbranched alkanes of at least 4 members (excludes halogenated alkanes) is 1. The van der Waals surface area contributed by atoms with Crippen LogP contribution in [-0.4, -0.2) is 20.1 Å². The van der Waals surface area contributed by atoms with Crippen LogP contribution >= 0.6 is 0 Å². The maximum Gasteiger partial charge on any atom is 0.343 e. The van der Waals surface area contributed by atoms with Gasteiger partial charge in [-0.25, -0.2) is 13.2 Å². The summed E-state index contributed by atoms with van der Waals surface area (Å²) in [5.41, 5.74) is 1.75. The molecule has 2 aliphatic rings. The van der Waals surface area contributed by atoms with Gasteiger partial charge in [0.2, 0.25) is 0 Å². The molecule has 7 nitrogen and oxygen atoms in total. The molecule has 0 saturated heterocycles. The van der Waals surface area contributed by atoms with Gasteiger partial charge in [-0.15, -0.1) is 0 Å². The summed E-state index contributed by atoms with van der Waals surface area (Å²) < 4.78 is 40.4. The van der Waals surface area contributed by atoms with E-state index in [1.165, 1.54) is 12.1 Å². The van der Waals surface area contributed by atoms with E-state index >= 15 is 0 Å². The quantitative estimate of drug-likeness (QED) is 0.278. The summed E-state index contributed by atoms with van der Waals surface area (Å²) in [5, 5.41) is 11.4. The van der Waals surface area contributed by atoms with Crippen LogP contribution in [0, 0.1) is 5.92 Å². The first kappa shape index (κ1) is 27.3. The van der Waals surface area contributed by atoms with Crippen LogP contribution in [0.4, 0.5) is 5.69 Å². The zero-order valence-electron chi connectivity index (χ0n) is 22.4. The van der Waals surface area contributed by atoms with Gasteiger partial charge in [0.1, 0.15) is 17.3 Å². The summed E-state index contributed by atoms with van der Waals surface area (Å²) in [6, 6.07) is 13.5. The number of ether oxygens (including phenoxy) is 1. The Bertz CT molecular complexity index is 1460. The van der Waals surface area contributed by atoms with E-state index in [9.17, 15) is 18.3 Å². The lowest BCUT2D eigenvalue weighted by molar-refractivity contribution is 0.309. The zero-order valence-corrected chi connectivity index (χ0v) is 23.3. The van der Waals surface area contributed by atoms with Crippen LogP contribution in [0.15, 0.2) is 62.6 Å². The number of anilines is 1. The lowest BCUT2D eigenvalue weighted by atomic mass is 9.85. The molecule has 2 aromatic carbocycles. The fourth-order valence-electron chi connectivity index (χ4n) is 5.46. The van der Waals surface area contributed by atoms with E-state index in [1.54, 1.807) is 30.3 Å². The highest BCUT2D eigenvalue weighted by atomic mass is 32.2. The molecule has 2 N–H and O–H groups in total. The standard InChI is InChI=1S/C31H37NO6S/c1-2-3-19-37-24-15-17-25(18-16-24)39(35,36)32-23-10-8-9-22(20-23)28(21-13-14-21)29-30(33)26-11-6-4-5-7-12-27(26)38-31(29)34/h8-10,15-18,20-21,28,32-33H,2-7,11-14,19H2,1H3. The number of rotatable bonds is 10. The van der Waals surface area contributed by atoms with E-state index < -0.39 is 15.6 Å². The lowest BCUT2D eigenvalue weighted by Crippen LogP contribution is -2.19. The van der Waals surface area contributed by atoms with Crippen LogP contribution in [-0.2, 0) is 22.9 Å². The van der Waals surface area contributed by atoms with Crippen molar-refractivity contribution in [3.63, 3.8) is 0 Å². The summed E-state index contributed by atoms with van der Waals surface area (Å²) >= 11 is 0. The number of hydrogen-bond donors (Lipinski definition) is 2. The van der Waals surface area contributed by atoms with Crippen molar-refractivity contribution in [3.05, 3.63) is 81.4 Å². The molecule has 0 radical (unpaired) electrons. The van der Waals surface area contributed by atoms with Gasteiger partial charge in [-0.1, -0.05) is 38.3 Å². The van der Waals surface area contributed by atoms with Crippen LogP contribution in [0.2, 0.25) is 0 Å². The van der Waals surface area contributed by atoms with Gasteiger partial charge in [0.05, 0.1) is 17.1 Å². The number of hydrogen-bond acceptors (Lipinski definition) is 6. The third kappa shape index (κ3) is 6.32. The van der Waals surface area contributed by atoms with Gasteiger partial charge in [-0.3, -0.25) is 4.72 Å². The largest absolute Gasteiger partial charge is 0.507 e. The summed E-state index contributed by atoms with van der Waals surface area (Å²) in [6.07, 6.45) is 9.26. The summed E-state index contributed by atoms with van der Waals surface area (Å²) in [7, 11) is -3.84. The molecule has 1 unspecified atom stereocenters. The van der Waals surface area contributed by atoms with Crippen molar-refractivity contribution in [2.75, 3.05) is 11.3 Å². The van der Waals surface area contributed by atoms with E-state index in [2.05, 4.69) is 11.6 Å². The van der Waals surface area contributed by atoms with Crippen molar-refractivity contribution in [2.45, 2.75) is 81.9 Å². The number of aromatic hydroxyl groups is 1. The first-order valence-electron chi connectivity index (χ1n) is 14.1. The molecule has 0 amide bonds. The fourth-order valence-corrected chi connectivity index (χ4v) is 6.51. The molecule has 1 heterocycles. The van der Waals surface area contributed by atoms with E-state index in [-0.39, 0.29) is 22.5 Å². The molecule has 0 aliphatic heterocycles. The number of nitrogens with one attached hydrogen (secondary N) is 1. The van der Waals surface area contributed by atoms with E-state index in [0.29, 0.717) is 42.2 Å². The van der Waals surface area contributed by atoms with Crippen molar-refractivity contribution in [1.29, 1.82) is 0 Å². The highest BCUT2D eigenvalue weighted by molar-refractivity contribution is 7.92. The second kappa shape index (κ2) is 11.9. The van der Waals surface area contributed by atoms with Gasteiger partial charge in [-0.05, 0) is 86.4 Å². The predicted molar refractivity (Wildman–Crippen MR) is 151 cm³/mol. The number of aryl methyl sites for hydroxylation is 1.